The van der Waals surface area contributed by atoms with Crippen LogP contribution in [-0.4, -0.2) is 32.2 Å². The number of nitrogens with zero attached hydrogens (tertiary/aromatic N) is 3. The molecule has 3 aromatic rings. The fourth-order valence-electron chi connectivity index (χ4n) is 3.38. The van der Waals surface area contributed by atoms with Crippen LogP contribution in [-0.2, 0) is 6.54 Å². The number of ketones is 1. The highest BCUT2D eigenvalue weighted by Crippen LogP contribution is 2.26. The number of carbonyl (C=O) groups excluding carboxylic acids is 2. The summed E-state index contributed by atoms with van der Waals surface area (Å²) in [5.41, 5.74) is 1.07. The van der Waals surface area contributed by atoms with Crippen molar-refractivity contribution >= 4 is 35.1 Å². The molecule has 0 spiro atoms. The van der Waals surface area contributed by atoms with Crippen LogP contribution in [0.15, 0.2) is 72.4 Å². The molecule has 0 unspecified atom stereocenters. The van der Waals surface area contributed by atoms with Crippen molar-refractivity contribution in [2.45, 2.75) is 38.0 Å². The van der Waals surface area contributed by atoms with Crippen LogP contribution in [0, 0.1) is 5.92 Å². The number of nitrogens with one attached hydrogen (secondary N) is 1. The Morgan fingerprint density at radius 2 is 1.82 bits per heavy atom. The highest BCUT2D eigenvalue weighted by molar-refractivity contribution is 7.99. The van der Waals surface area contributed by atoms with Crippen LogP contribution in [0.3, 0.4) is 0 Å². The van der Waals surface area contributed by atoms with Gasteiger partial charge in [0.25, 0.3) is 5.91 Å². The van der Waals surface area contributed by atoms with Crippen LogP contribution < -0.4 is 5.32 Å². The molecular formula is C25H27ClN4O2S. The van der Waals surface area contributed by atoms with Gasteiger partial charge in [0.1, 0.15) is 0 Å². The van der Waals surface area contributed by atoms with Gasteiger partial charge in [-0.1, -0.05) is 85.8 Å². The molecule has 0 aliphatic rings. The lowest BCUT2D eigenvalue weighted by molar-refractivity contribution is 0.0928. The van der Waals surface area contributed by atoms with Gasteiger partial charge in [-0.15, -0.1) is 16.8 Å². The molecule has 3 rings (SSSR count). The summed E-state index contributed by atoms with van der Waals surface area (Å²) in [6, 6.07) is 15.7. The van der Waals surface area contributed by atoms with Crippen molar-refractivity contribution in [3.05, 3.63) is 89.2 Å². The Kier molecular flexibility index (Phi) is 8.86. The predicted molar refractivity (Wildman–Crippen MR) is 133 cm³/mol. The van der Waals surface area contributed by atoms with Gasteiger partial charge in [-0.05, 0) is 24.5 Å². The first-order valence-corrected chi connectivity index (χ1v) is 12.1. The average molecular weight is 483 g/mol. The van der Waals surface area contributed by atoms with Crippen LogP contribution in [0.4, 0.5) is 0 Å². The molecule has 1 amide bonds. The van der Waals surface area contributed by atoms with E-state index < -0.39 is 0 Å². The van der Waals surface area contributed by atoms with Crippen LogP contribution in [0.2, 0.25) is 5.02 Å². The van der Waals surface area contributed by atoms with E-state index in [0.717, 1.165) is 0 Å². The van der Waals surface area contributed by atoms with Crippen LogP contribution in [0.1, 0.15) is 52.9 Å². The Morgan fingerprint density at radius 1 is 1.12 bits per heavy atom. The van der Waals surface area contributed by atoms with Gasteiger partial charge in [0, 0.05) is 12.1 Å². The molecule has 0 aliphatic carbocycles. The second kappa shape index (κ2) is 11.8. The number of hydrogen-bond donors (Lipinski definition) is 1. The van der Waals surface area contributed by atoms with Crippen molar-refractivity contribution in [2.75, 3.05) is 5.75 Å². The van der Waals surface area contributed by atoms with E-state index in [1.165, 1.54) is 11.8 Å². The summed E-state index contributed by atoms with van der Waals surface area (Å²) in [6.45, 7) is 8.46. The summed E-state index contributed by atoms with van der Waals surface area (Å²) in [5.74, 6) is 0.902. The quantitative estimate of drug-likeness (QED) is 0.218. The fourth-order valence-corrected chi connectivity index (χ4v) is 4.46. The number of amides is 1. The maximum atomic E-state index is 13.0. The van der Waals surface area contributed by atoms with E-state index in [1.807, 2.05) is 22.8 Å². The van der Waals surface area contributed by atoms with E-state index in [-0.39, 0.29) is 23.5 Å². The highest BCUT2D eigenvalue weighted by Gasteiger charge is 2.25. The summed E-state index contributed by atoms with van der Waals surface area (Å²) in [5, 5.41) is 12.8. The summed E-state index contributed by atoms with van der Waals surface area (Å²) in [4.78, 5) is 25.5. The highest BCUT2D eigenvalue weighted by atomic mass is 35.5. The monoisotopic (exact) mass is 482 g/mol. The van der Waals surface area contributed by atoms with Crippen LogP contribution in [0.25, 0.3) is 0 Å². The molecule has 1 N–H and O–H groups in total. The zero-order valence-corrected chi connectivity index (χ0v) is 20.3. The third-order valence-electron chi connectivity index (χ3n) is 4.93. The van der Waals surface area contributed by atoms with Gasteiger partial charge in [-0.3, -0.25) is 9.59 Å². The molecule has 172 valence electrons. The Bertz CT molecular complexity index is 1110. The van der Waals surface area contributed by atoms with Crippen molar-refractivity contribution in [1.29, 1.82) is 0 Å². The molecule has 8 heteroatoms. The fraction of sp³-hybridized carbons (Fsp3) is 0.280. The first kappa shape index (κ1) is 24.7. The van der Waals surface area contributed by atoms with Crippen molar-refractivity contribution in [1.82, 2.24) is 20.1 Å². The van der Waals surface area contributed by atoms with E-state index in [2.05, 4.69) is 35.9 Å². The second-order valence-corrected chi connectivity index (χ2v) is 9.30. The molecule has 33 heavy (non-hydrogen) atoms. The molecule has 1 atom stereocenters. The maximum absolute atomic E-state index is 13.0. The minimum absolute atomic E-state index is 0.0149. The smallest absolute Gasteiger partial charge is 0.253 e. The molecule has 2 aromatic carbocycles. The molecule has 0 radical (unpaired) electrons. The topological polar surface area (TPSA) is 76.9 Å². The number of allylic oxidation sites excluding steroid dienone is 1. The van der Waals surface area contributed by atoms with Crippen LogP contribution >= 0.6 is 23.4 Å². The van der Waals surface area contributed by atoms with Gasteiger partial charge >= 0.3 is 0 Å². The standard InChI is InChI=1S/C25H27ClN4O2S/c1-4-14-30-23(28-29-25(30)33-16-22(31)18-10-6-5-7-11-18)21(15-17(2)3)27-24(32)19-12-8-9-13-20(19)26/h4-13,17,21H,1,14-16H2,2-3H3,(H,27,32)/t21-/m1/s1. The number of Topliss-reactive ketones (excluding diaryl/α,β-unsaturated/α-hetero) is 1. The van der Waals surface area contributed by atoms with Gasteiger partial charge in [0.2, 0.25) is 0 Å². The molecule has 0 saturated heterocycles. The van der Waals surface area contributed by atoms with Crippen molar-refractivity contribution in [3.63, 3.8) is 0 Å². The van der Waals surface area contributed by atoms with Crippen molar-refractivity contribution in [3.8, 4) is 0 Å². The van der Waals surface area contributed by atoms with E-state index in [0.29, 0.717) is 46.0 Å². The molecule has 0 fully saturated rings. The first-order chi connectivity index (χ1) is 15.9. The summed E-state index contributed by atoms with van der Waals surface area (Å²) >= 11 is 7.54. The third-order valence-corrected chi connectivity index (χ3v) is 6.22. The lowest BCUT2D eigenvalue weighted by atomic mass is 10.0. The van der Waals surface area contributed by atoms with Crippen LogP contribution in [0.5, 0.6) is 0 Å². The second-order valence-electron chi connectivity index (χ2n) is 7.95. The lowest BCUT2D eigenvalue weighted by Gasteiger charge is -2.21. The SMILES string of the molecule is C=CCn1c(SCC(=O)c2ccccc2)nnc1[C@@H](CC(C)C)NC(=O)c1ccccc1Cl. The van der Waals surface area contributed by atoms with Gasteiger partial charge in [0.15, 0.2) is 16.8 Å². The van der Waals surface area contributed by atoms with Crippen molar-refractivity contribution < 1.29 is 9.59 Å². The molecule has 0 aliphatic heterocycles. The predicted octanol–water partition coefficient (Wildman–Crippen LogP) is 5.61. The number of carbonyl (C=O) groups is 2. The number of hydrogen-bond acceptors (Lipinski definition) is 5. The lowest BCUT2D eigenvalue weighted by Crippen LogP contribution is -2.32. The largest absolute Gasteiger partial charge is 0.342 e. The van der Waals surface area contributed by atoms with Gasteiger partial charge < -0.3 is 9.88 Å². The Morgan fingerprint density at radius 3 is 2.48 bits per heavy atom. The number of halogens is 1. The Balaban J connectivity index is 1.83. The summed E-state index contributed by atoms with van der Waals surface area (Å²) in [6.07, 6.45) is 2.41. The molecule has 0 bridgehead atoms. The minimum Gasteiger partial charge on any atom is -0.342 e. The molecule has 0 saturated carbocycles. The van der Waals surface area contributed by atoms with E-state index in [9.17, 15) is 9.59 Å². The average Bonchev–Trinajstić information content (AvgIpc) is 3.20. The molecule has 1 aromatic heterocycles. The first-order valence-electron chi connectivity index (χ1n) is 10.7. The van der Waals surface area contributed by atoms with E-state index >= 15 is 0 Å². The number of aromatic nitrogens is 3. The zero-order chi connectivity index (χ0) is 23.8. The van der Waals surface area contributed by atoms with Gasteiger partial charge in [-0.25, -0.2) is 0 Å². The number of benzene rings is 2. The van der Waals surface area contributed by atoms with E-state index in [1.54, 1.807) is 42.5 Å². The third kappa shape index (κ3) is 6.55. The molecular weight excluding hydrogens is 456 g/mol. The Hall–Kier alpha value is -2.90. The van der Waals surface area contributed by atoms with Gasteiger partial charge in [0.05, 0.1) is 22.4 Å². The van der Waals surface area contributed by atoms with E-state index in [4.69, 9.17) is 11.6 Å². The number of thioether (sulfide) groups is 1. The number of rotatable bonds is 11. The maximum Gasteiger partial charge on any atom is 0.253 e. The van der Waals surface area contributed by atoms with Gasteiger partial charge in [-0.2, -0.15) is 0 Å². The Labute approximate surface area is 203 Å². The zero-order valence-electron chi connectivity index (χ0n) is 18.7. The minimum atomic E-state index is -0.375. The molecule has 1 heterocycles. The summed E-state index contributed by atoms with van der Waals surface area (Å²) in [7, 11) is 0. The van der Waals surface area contributed by atoms with Crippen molar-refractivity contribution in [2.24, 2.45) is 5.92 Å². The molecule has 6 nitrogen and oxygen atoms in total. The summed E-state index contributed by atoms with van der Waals surface area (Å²) < 4.78 is 1.90. The normalized spacial score (nSPS) is 11.9.